The van der Waals surface area contributed by atoms with Crippen LogP contribution in [0.5, 0.6) is 23.0 Å². The smallest absolute Gasteiger partial charge is 0.239 e. The number of ether oxygens (including phenoxy) is 5. The first-order valence-electron chi connectivity index (χ1n) is 12.8. The molecule has 5 rings (SSSR count). The van der Waals surface area contributed by atoms with Crippen LogP contribution in [0.4, 0.5) is 0 Å². The van der Waals surface area contributed by atoms with E-state index in [1.165, 1.54) is 19.2 Å². The van der Waals surface area contributed by atoms with Crippen LogP contribution in [-0.2, 0) is 14.2 Å². The van der Waals surface area contributed by atoms with Crippen molar-refractivity contribution >= 4 is 11.0 Å². The molecule has 8 N–H and O–H groups in total. The molecule has 0 saturated carbocycles. The molecular weight excluding hydrogens is 564 g/mol. The van der Waals surface area contributed by atoms with Crippen LogP contribution >= 0.6 is 0 Å². The third-order valence-electron chi connectivity index (χ3n) is 7.07. The van der Waals surface area contributed by atoms with Gasteiger partial charge >= 0.3 is 0 Å². The van der Waals surface area contributed by atoms with Crippen LogP contribution in [0.1, 0.15) is 0 Å². The van der Waals surface area contributed by atoms with Gasteiger partial charge in [-0.25, -0.2) is 0 Å². The van der Waals surface area contributed by atoms with E-state index in [4.69, 9.17) is 28.1 Å². The molecule has 0 spiro atoms. The van der Waals surface area contributed by atoms with Gasteiger partial charge in [0.25, 0.3) is 0 Å². The number of aliphatic hydroxyl groups is 6. The van der Waals surface area contributed by atoms with Crippen molar-refractivity contribution in [2.24, 2.45) is 0 Å². The first-order chi connectivity index (χ1) is 20.0. The number of hydrogen-bond donors (Lipinski definition) is 8. The molecule has 2 saturated heterocycles. The average molecular weight is 595 g/mol. The molecule has 0 aliphatic carbocycles. The highest BCUT2D eigenvalue weighted by Gasteiger charge is 2.50. The molecule has 0 radical (unpaired) electrons. The Hall–Kier alpha value is -3.51. The summed E-state index contributed by atoms with van der Waals surface area (Å²) in [6.45, 7) is -1.22. The maximum atomic E-state index is 13.7. The number of fused-ring (bicyclic) bond motifs is 1. The van der Waals surface area contributed by atoms with Crippen molar-refractivity contribution in [1.29, 1.82) is 0 Å². The van der Waals surface area contributed by atoms with Gasteiger partial charge in [-0.05, 0) is 24.3 Å². The van der Waals surface area contributed by atoms with Crippen LogP contribution in [0.3, 0.4) is 0 Å². The highest BCUT2D eigenvalue weighted by Crippen LogP contribution is 2.38. The lowest BCUT2D eigenvalue weighted by atomic mass is 9.98. The number of methoxy groups -OCH3 is 1. The molecular formula is C27H30O15. The summed E-state index contributed by atoms with van der Waals surface area (Å²) in [4.78, 5) is 13.7. The van der Waals surface area contributed by atoms with Crippen molar-refractivity contribution in [1.82, 2.24) is 0 Å². The summed E-state index contributed by atoms with van der Waals surface area (Å²) in [5, 5.41) is 81.4. The molecule has 9 atom stereocenters. The van der Waals surface area contributed by atoms with Crippen molar-refractivity contribution < 1.29 is 69.0 Å². The summed E-state index contributed by atoms with van der Waals surface area (Å²) < 4.78 is 33.5. The summed E-state index contributed by atoms with van der Waals surface area (Å²) in [5.74, 6) is -1.28. The Balaban J connectivity index is 1.60. The summed E-state index contributed by atoms with van der Waals surface area (Å²) in [5.41, 5.74) is -0.832. The first-order valence-corrected chi connectivity index (χ1v) is 12.8. The van der Waals surface area contributed by atoms with Crippen LogP contribution in [0, 0.1) is 0 Å². The third-order valence-corrected chi connectivity index (χ3v) is 7.07. The van der Waals surface area contributed by atoms with Gasteiger partial charge in [-0.15, -0.1) is 0 Å². The number of phenols is 2. The van der Waals surface area contributed by atoms with Gasteiger partial charge in [-0.1, -0.05) is 0 Å². The lowest BCUT2D eigenvalue weighted by molar-refractivity contribution is -0.345. The molecule has 1 aromatic heterocycles. The third kappa shape index (κ3) is 5.49. The van der Waals surface area contributed by atoms with E-state index in [2.05, 4.69) is 0 Å². The molecule has 15 nitrogen and oxygen atoms in total. The Morgan fingerprint density at radius 1 is 0.929 bits per heavy atom. The van der Waals surface area contributed by atoms with E-state index in [9.17, 15) is 45.6 Å². The lowest BCUT2D eigenvalue weighted by Crippen LogP contribution is -2.64. The van der Waals surface area contributed by atoms with Crippen molar-refractivity contribution in [3.05, 3.63) is 46.6 Å². The SMILES string of the molecule is COc1ccc(-c2oc3cc(O)cc(O)c3c(=O)c2O[C@@H]2O[C@H](CO)[C@@H](O)[C@H](O)[C@H]2O[C@@H]2OC[C@@H](O)[C@H](O)[C@H]2O)cc1. The predicted octanol–water partition coefficient (Wildman–Crippen LogP) is -1.48. The van der Waals surface area contributed by atoms with E-state index >= 15 is 0 Å². The second-order valence-electron chi connectivity index (χ2n) is 9.83. The van der Waals surface area contributed by atoms with Gasteiger partial charge in [0.2, 0.25) is 17.5 Å². The molecule has 2 aromatic carbocycles. The molecule has 3 aromatic rings. The van der Waals surface area contributed by atoms with Gasteiger partial charge in [0.05, 0.1) is 20.3 Å². The zero-order valence-corrected chi connectivity index (χ0v) is 22.0. The maximum Gasteiger partial charge on any atom is 0.239 e. The van der Waals surface area contributed by atoms with Crippen LogP contribution in [0.2, 0.25) is 0 Å². The molecule has 0 amide bonds. The van der Waals surface area contributed by atoms with E-state index in [0.29, 0.717) is 5.75 Å². The topological polar surface area (TPSA) is 238 Å². The highest BCUT2D eigenvalue weighted by atomic mass is 16.8. The molecule has 0 unspecified atom stereocenters. The van der Waals surface area contributed by atoms with Crippen molar-refractivity contribution in [2.45, 2.75) is 55.3 Å². The number of aromatic hydroxyl groups is 2. The fraction of sp³-hybridized carbons (Fsp3) is 0.444. The number of aliphatic hydroxyl groups excluding tert-OH is 6. The predicted molar refractivity (Wildman–Crippen MR) is 139 cm³/mol. The number of phenolic OH excluding ortho intramolecular Hbond substituents is 2. The second kappa shape index (κ2) is 12.0. The van der Waals surface area contributed by atoms with Crippen molar-refractivity contribution in [3.63, 3.8) is 0 Å². The fourth-order valence-electron chi connectivity index (χ4n) is 4.77. The fourth-order valence-corrected chi connectivity index (χ4v) is 4.77. The van der Waals surface area contributed by atoms with Crippen molar-refractivity contribution in [2.75, 3.05) is 20.3 Å². The molecule has 2 fully saturated rings. The summed E-state index contributed by atoms with van der Waals surface area (Å²) in [7, 11) is 1.45. The second-order valence-corrected chi connectivity index (χ2v) is 9.83. The molecule has 0 bridgehead atoms. The minimum absolute atomic E-state index is 0.192. The highest BCUT2D eigenvalue weighted by molar-refractivity contribution is 5.88. The molecule has 2 aliphatic rings. The molecule has 15 heteroatoms. The molecule has 42 heavy (non-hydrogen) atoms. The van der Waals surface area contributed by atoms with Gasteiger partial charge in [-0.2, -0.15) is 0 Å². The number of benzene rings is 2. The van der Waals surface area contributed by atoms with Crippen LogP contribution in [0.25, 0.3) is 22.3 Å². The van der Waals surface area contributed by atoms with Gasteiger partial charge in [-0.3, -0.25) is 4.79 Å². The molecule has 228 valence electrons. The minimum Gasteiger partial charge on any atom is -0.508 e. The Morgan fingerprint density at radius 3 is 2.31 bits per heavy atom. The number of rotatable bonds is 7. The Kier molecular flexibility index (Phi) is 8.56. The van der Waals surface area contributed by atoms with E-state index < -0.39 is 85.4 Å². The average Bonchev–Trinajstić information content (AvgIpc) is 2.97. The zero-order valence-electron chi connectivity index (χ0n) is 22.0. The summed E-state index contributed by atoms with van der Waals surface area (Å²) in [6, 6.07) is 8.22. The summed E-state index contributed by atoms with van der Waals surface area (Å²) >= 11 is 0. The Bertz CT molecular complexity index is 1460. The maximum absolute atomic E-state index is 13.7. The molecule has 2 aliphatic heterocycles. The quantitative estimate of drug-likeness (QED) is 0.156. The van der Waals surface area contributed by atoms with E-state index in [0.717, 1.165) is 12.1 Å². The van der Waals surface area contributed by atoms with Crippen LogP contribution in [-0.4, -0.2) is 116 Å². The van der Waals surface area contributed by atoms with Gasteiger partial charge in [0.1, 0.15) is 64.8 Å². The van der Waals surface area contributed by atoms with E-state index in [-0.39, 0.29) is 28.0 Å². The van der Waals surface area contributed by atoms with Gasteiger partial charge in [0, 0.05) is 17.7 Å². The largest absolute Gasteiger partial charge is 0.508 e. The van der Waals surface area contributed by atoms with Crippen molar-refractivity contribution in [3.8, 4) is 34.3 Å². The number of hydrogen-bond acceptors (Lipinski definition) is 15. The minimum atomic E-state index is -1.84. The van der Waals surface area contributed by atoms with E-state index in [1.807, 2.05) is 0 Å². The summed E-state index contributed by atoms with van der Waals surface area (Å²) in [6.07, 6.45) is -15.0. The van der Waals surface area contributed by atoms with Gasteiger partial charge in [0.15, 0.2) is 18.2 Å². The lowest BCUT2D eigenvalue weighted by Gasteiger charge is -2.44. The Labute approximate surface area is 236 Å². The van der Waals surface area contributed by atoms with Crippen LogP contribution in [0.15, 0.2) is 45.6 Å². The monoisotopic (exact) mass is 594 g/mol. The zero-order chi connectivity index (χ0) is 30.3. The normalized spacial score (nSPS) is 31.6. The van der Waals surface area contributed by atoms with Crippen LogP contribution < -0.4 is 14.9 Å². The van der Waals surface area contributed by atoms with Gasteiger partial charge < -0.3 is 69.0 Å². The Morgan fingerprint density at radius 2 is 1.64 bits per heavy atom. The standard InChI is InChI=1S/C27H30O15/c1-37-12-4-2-10(3-5-12)23-24(20(34)17-13(30)6-11(29)7-15(17)39-23)41-27-25(21(35)19(33)16(8-28)40-27)42-26-22(36)18(32)14(31)9-38-26/h2-7,14,16,18-19,21-22,25-33,35-36H,8-9H2,1H3/t14-,16-,18+,19-,21+,22-,25-,26+,27+/m1/s1. The van der Waals surface area contributed by atoms with E-state index in [1.54, 1.807) is 12.1 Å². The first kappa shape index (κ1) is 30.0. The molecule has 3 heterocycles.